The number of carbonyl (C=O) groups is 1. The molecule has 0 unspecified atom stereocenters. The van der Waals surface area contributed by atoms with Crippen molar-refractivity contribution in [1.82, 2.24) is 10.2 Å². The number of rotatable bonds is 6. The van der Waals surface area contributed by atoms with E-state index in [2.05, 4.69) is 78.0 Å². The van der Waals surface area contributed by atoms with Crippen LogP contribution < -0.4 is 5.32 Å². The average molecular weight is 367 g/mol. The van der Waals surface area contributed by atoms with E-state index in [9.17, 15) is 4.79 Å². The Morgan fingerprint density at radius 3 is 2.62 bits per heavy atom. The Hall–Kier alpha value is -2.04. The molecule has 136 valence electrons. The highest BCUT2D eigenvalue weighted by molar-refractivity contribution is 7.98. The lowest BCUT2D eigenvalue weighted by atomic mass is 10.1. The molecule has 1 amide bonds. The lowest BCUT2D eigenvalue weighted by Gasteiger charge is -2.26. The highest BCUT2D eigenvalue weighted by Gasteiger charge is 2.17. The third-order valence-corrected chi connectivity index (χ3v) is 5.43. The number of nitrogens with zero attached hydrogens (tertiary/aromatic N) is 1. The number of benzene rings is 2. The quantitative estimate of drug-likeness (QED) is 0.779. The summed E-state index contributed by atoms with van der Waals surface area (Å²) in [5.74, 6) is 0.0640. The van der Waals surface area contributed by atoms with Crippen molar-refractivity contribution < 1.29 is 4.79 Å². The first-order chi connectivity index (χ1) is 12.6. The molecule has 3 nitrogen and oxygen atoms in total. The van der Waals surface area contributed by atoms with Crippen LogP contribution in [0.25, 0.3) is 0 Å². The molecule has 3 rings (SSSR count). The van der Waals surface area contributed by atoms with E-state index in [0.29, 0.717) is 6.54 Å². The summed E-state index contributed by atoms with van der Waals surface area (Å²) in [5.41, 5.74) is 4.67. The molecule has 1 aliphatic heterocycles. The molecule has 26 heavy (non-hydrogen) atoms. The summed E-state index contributed by atoms with van der Waals surface area (Å²) in [6.45, 7) is 5.40. The van der Waals surface area contributed by atoms with Crippen LogP contribution >= 0.6 is 11.8 Å². The maximum Gasteiger partial charge on any atom is 0.247 e. The lowest BCUT2D eigenvalue weighted by molar-refractivity contribution is -0.117. The number of aryl methyl sites for hydroxylation is 1. The van der Waals surface area contributed by atoms with Crippen LogP contribution in [0.15, 0.2) is 65.1 Å². The maximum atomic E-state index is 12.4. The van der Waals surface area contributed by atoms with Gasteiger partial charge in [-0.3, -0.25) is 9.69 Å². The van der Waals surface area contributed by atoms with Crippen molar-refractivity contribution in [2.45, 2.75) is 31.3 Å². The zero-order chi connectivity index (χ0) is 18.4. The third kappa shape index (κ3) is 5.23. The summed E-state index contributed by atoms with van der Waals surface area (Å²) < 4.78 is 0. The second-order valence-corrected chi connectivity index (χ2v) is 7.61. The highest BCUT2D eigenvalue weighted by atomic mass is 32.2. The van der Waals surface area contributed by atoms with Gasteiger partial charge in [0.1, 0.15) is 0 Å². The minimum Gasteiger partial charge on any atom is -0.348 e. The van der Waals surface area contributed by atoms with Gasteiger partial charge in [0.15, 0.2) is 0 Å². The Bertz CT molecular complexity index is 783. The minimum atomic E-state index is 0.0640. The van der Waals surface area contributed by atoms with Crippen LogP contribution in [-0.2, 0) is 17.9 Å². The summed E-state index contributed by atoms with van der Waals surface area (Å²) in [6, 6.07) is 17.0. The molecular weight excluding hydrogens is 340 g/mol. The summed E-state index contributed by atoms with van der Waals surface area (Å²) in [4.78, 5) is 16.0. The van der Waals surface area contributed by atoms with E-state index < -0.39 is 0 Å². The maximum absolute atomic E-state index is 12.4. The first-order valence-electron chi connectivity index (χ1n) is 9.02. The van der Waals surface area contributed by atoms with E-state index >= 15 is 0 Å². The molecule has 0 aliphatic carbocycles. The van der Waals surface area contributed by atoms with Gasteiger partial charge in [-0.1, -0.05) is 48.0 Å². The van der Waals surface area contributed by atoms with Gasteiger partial charge < -0.3 is 5.32 Å². The molecule has 0 fully saturated rings. The van der Waals surface area contributed by atoms with Crippen molar-refractivity contribution in [3.05, 3.63) is 76.9 Å². The molecule has 0 saturated heterocycles. The van der Waals surface area contributed by atoms with Gasteiger partial charge in [0.25, 0.3) is 0 Å². The molecule has 1 aliphatic rings. The van der Waals surface area contributed by atoms with E-state index in [0.717, 1.165) is 37.2 Å². The molecule has 0 radical (unpaired) electrons. The molecule has 0 spiro atoms. The Kier molecular flexibility index (Phi) is 6.53. The van der Waals surface area contributed by atoms with Crippen molar-refractivity contribution in [3.8, 4) is 0 Å². The molecule has 1 heterocycles. The van der Waals surface area contributed by atoms with Crippen molar-refractivity contribution in [2.75, 3.05) is 19.3 Å². The fourth-order valence-corrected chi connectivity index (χ4v) is 3.58. The molecule has 0 aromatic heterocycles. The van der Waals surface area contributed by atoms with Gasteiger partial charge in [0.05, 0.1) is 0 Å². The summed E-state index contributed by atoms with van der Waals surface area (Å²) in [5, 5.41) is 3.05. The van der Waals surface area contributed by atoms with E-state index in [1.54, 1.807) is 11.8 Å². The smallest absolute Gasteiger partial charge is 0.247 e. The fraction of sp³-hybridized carbons (Fsp3) is 0.318. The minimum absolute atomic E-state index is 0.0640. The number of nitrogens with one attached hydrogen (secondary N) is 1. The second kappa shape index (κ2) is 9.06. The molecular formula is C22H26N2OS. The van der Waals surface area contributed by atoms with Crippen molar-refractivity contribution in [1.29, 1.82) is 0 Å². The zero-order valence-corrected chi connectivity index (χ0v) is 16.3. The van der Waals surface area contributed by atoms with Gasteiger partial charge in [-0.15, -0.1) is 11.8 Å². The fourth-order valence-electron chi connectivity index (χ4n) is 3.17. The Balaban J connectivity index is 1.49. The Morgan fingerprint density at radius 2 is 1.96 bits per heavy atom. The van der Waals surface area contributed by atoms with Crippen molar-refractivity contribution in [3.63, 3.8) is 0 Å². The average Bonchev–Trinajstić information content (AvgIpc) is 2.67. The summed E-state index contributed by atoms with van der Waals surface area (Å²) >= 11 is 1.72. The monoisotopic (exact) mass is 366 g/mol. The number of hydrogen-bond donors (Lipinski definition) is 1. The normalized spacial score (nSPS) is 14.8. The van der Waals surface area contributed by atoms with Gasteiger partial charge in [0, 0.05) is 36.6 Å². The van der Waals surface area contributed by atoms with E-state index in [4.69, 9.17) is 0 Å². The number of hydrogen-bond acceptors (Lipinski definition) is 3. The summed E-state index contributed by atoms with van der Waals surface area (Å²) in [6.07, 6.45) is 4.95. The van der Waals surface area contributed by atoms with Crippen LogP contribution in [0.3, 0.4) is 0 Å². The van der Waals surface area contributed by atoms with Crippen LogP contribution in [0.2, 0.25) is 0 Å². The molecule has 2 aromatic rings. The third-order valence-electron chi connectivity index (χ3n) is 4.69. The van der Waals surface area contributed by atoms with Gasteiger partial charge in [-0.2, -0.15) is 0 Å². The standard InChI is InChI=1S/C22H26N2OS/c1-17-4-3-5-19(14-17)16-24-12-10-20(11-13-24)22(25)23-15-18-6-8-21(26-2)9-7-18/h3-10,14H,11-13,15-16H2,1-2H3,(H,23,25). The summed E-state index contributed by atoms with van der Waals surface area (Å²) in [7, 11) is 0. The van der Waals surface area contributed by atoms with Crippen LogP contribution in [0.4, 0.5) is 0 Å². The van der Waals surface area contributed by atoms with Gasteiger partial charge >= 0.3 is 0 Å². The number of thioether (sulfide) groups is 1. The molecule has 0 bridgehead atoms. The SMILES string of the molecule is CSc1ccc(CNC(=O)C2=CCN(Cc3cccc(C)c3)CC2)cc1. The van der Waals surface area contributed by atoms with Gasteiger partial charge in [-0.05, 0) is 42.9 Å². The second-order valence-electron chi connectivity index (χ2n) is 6.73. The Labute approximate surface area is 160 Å². The van der Waals surface area contributed by atoms with Crippen molar-refractivity contribution >= 4 is 17.7 Å². The van der Waals surface area contributed by atoms with Crippen LogP contribution in [-0.4, -0.2) is 30.2 Å². The zero-order valence-electron chi connectivity index (χ0n) is 15.5. The largest absolute Gasteiger partial charge is 0.348 e. The van der Waals surface area contributed by atoms with E-state index in [-0.39, 0.29) is 5.91 Å². The molecule has 1 N–H and O–H groups in total. The van der Waals surface area contributed by atoms with Crippen molar-refractivity contribution in [2.24, 2.45) is 0 Å². The van der Waals surface area contributed by atoms with Crippen LogP contribution in [0, 0.1) is 6.92 Å². The topological polar surface area (TPSA) is 32.3 Å². The predicted octanol–water partition coefficient (Wildman–Crippen LogP) is 4.17. The van der Waals surface area contributed by atoms with Gasteiger partial charge in [0.2, 0.25) is 5.91 Å². The van der Waals surface area contributed by atoms with Crippen LogP contribution in [0.5, 0.6) is 0 Å². The number of carbonyl (C=O) groups excluding carboxylic acids is 1. The van der Waals surface area contributed by atoms with E-state index in [1.807, 2.05) is 0 Å². The molecule has 0 saturated carbocycles. The first kappa shape index (κ1) is 18.7. The first-order valence-corrected chi connectivity index (χ1v) is 10.2. The van der Waals surface area contributed by atoms with Gasteiger partial charge in [-0.25, -0.2) is 0 Å². The predicted molar refractivity (Wildman–Crippen MR) is 109 cm³/mol. The highest BCUT2D eigenvalue weighted by Crippen LogP contribution is 2.16. The Morgan fingerprint density at radius 1 is 1.15 bits per heavy atom. The van der Waals surface area contributed by atoms with E-state index in [1.165, 1.54) is 16.0 Å². The molecule has 2 aromatic carbocycles. The van der Waals surface area contributed by atoms with Crippen LogP contribution in [0.1, 0.15) is 23.1 Å². The lowest BCUT2D eigenvalue weighted by Crippen LogP contribution is -2.33. The molecule has 4 heteroatoms. The number of amides is 1. The molecule has 0 atom stereocenters.